The molecule has 0 aliphatic heterocycles. The Morgan fingerprint density at radius 2 is 2.10 bits per heavy atom. The normalized spacial score (nSPS) is 10.4. The predicted molar refractivity (Wildman–Crippen MR) is 74.0 cm³/mol. The van der Waals surface area contributed by atoms with Crippen LogP contribution in [0.3, 0.4) is 0 Å². The van der Waals surface area contributed by atoms with Crippen molar-refractivity contribution in [1.29, 1.82) is 0 Å². The van der Waals surface area contributed by atoms with Crippen LogP contribution in [0.2, 0.25) is 0 Å². The zero-order valence-corrected chi connectivity index (χ0v) is 10.9. The van der Waals surface area contributed by atoms with Gasteiger partial charge in [0.1, 0.15) is 5.82 Å². The molecule has 2 N–H and O–H groups in total. The number of H-pyrrole nitrogens is 1. The number of hydrogen-bond donors (Lipinski definition) is 2. The lowest BCUT2D eigenvalue weighted by molar-refractivity contribution is 0.102. The Morgan fingerprint density at radius 3 is 2.80 bits per heavy atom. The van der Waals surface area contributed by atoms with E-state index in [0.29, 0.717) is 22.0 Å². The molecule has 0 spiro atoms. The largest absolute Gasteiger partial charge is 0.298 e. The first-order valence-electron chi connectivity index (χ1n) is 5.74. The topological polar surface area (TPSA) is 70.7 Å². The number of amides is 1. The molecule has 0 unspecified atom stereocenters. The van der Waals surface area contributed by atoms with E-state index >= 15 is 0 Å². The summed E-state index contributed by atoms with van der Waals surface area (Å²) in [6.45, 7) is 0. The molecule has 0 saturated heterocycles. The maximum absolute atomic E-state index is 12.9. The van der Waals surface area contributed by atoms with E-state index in [2.05, 4.69) is 20.5 Å². The zero-order chi connectivity index (χ0) is 13.9. The summed E-state index contributed by atoms with van der Waals surface area (Å²) in [5.41, 5.74) is 1.61. The average Bonchev–Trinajstić information content (AvgIpc) is 3.10. The summed E-state index contributed by atoms with van der Waals surface area (Å²) in [6.07, 6.45) is 3.04. The van der Waals surface area contributed by atoms with Crippen molar-refractivity contribution >= 4 is 22.4 Å². The Morgan fingerprint density at radius 1 is 1.30 bits per heavy atom. The summed E-state index contributed by atoms with van der Waals surface area (Å²) in [6, 6.07) is 5.84. The highest BCUT2D eigenvalue weighted by molar-refractivity contribution is 7.13. The molecule has 2 heterocycles. The highest BCUT2D eigenvalue weighted by atomic mass is 32.1. The predicted octanol–water partition coefficient (Wildman–Crippen LogP) is 2.92. The van der Waals surface area contributed by atoms with Crippen LogP contribution in [0.15, 0.2) is 42.0 Å². The van der Waals surface area contributed by atoms with Gasteiger partial charge in [-0.15, -0.1) is 11.3 Å². The van der Waals surface area contributed by atoms with E-state index < -0.39 is 0 Å². The van der Waals surface area contributed by atoms with Crippen molar-refractivity contribution in [2.45, 2.75) is 0 Å². The van der Waals surface area contributed by atoms with Gasteiger partial charge in [0, 0.05) is 17.1 Å². The fraction of sp³-hybridized carbons (Fsp3) is 0. The van der Waals surface area contributed by atoms with Gasteiger partial charge in [-0.05, 0) is 24.3 Å². The molecule has 2 aromatic heterocycles. The molecule has 0 aliphatic carbocycles. The first-order valence-corrected chi connectivity index (χ1v) is 6.62. The lowest BCUT2D eigenvalue weighted by atomic mass is 10.1. The Balaban J connectivity index is 1.90. The smallest absolute Gasteiger partial charge is 0.261 e. The van der Waals surface area contributed by atoms with Crippen molar-refractivity contribution in [3.8, 4) is 11.3 Å². The molecule has 1 amide bonds. The number of thiazole rings is 1. The number of halogens is 1. The second-order valence-electron chi connectivity index (χ2n) is 3.96. The number of carbonyl (C=O) groups is 1. The molecular formula is C13H9FN4OS. The second-order valence-corrected chi connectivity index (χ2v) is 4.85. The van der Waals surface area contributed by atoms with Gasteiger partial charge in [-0.2, -0.15) is 5.10 Å². The molecule has 20 heavy (non-hydrogen) atoms. The lowest BCUT2D eigenvalue weighted by Gasteiger charge is -2.03. The number of nitrogens with one attached hydrogen (secondary N) is 2. The van der Waals surface area contributed by atoms with E-state index in [0.717, 1.165) is 0 Å². The number of hydrogen-bond acceptors (Lipinski definition) is 4. The number of benzene rings is 1. The molecule has 1 aromatic carbocycles. The average molecular weight is 288 g/mol. The van der Waals surface area contributed by atoms with Crippen LogP contribution >= 0.6 is 11.3 Å². The van der Waals surface area contributed by atoms with Gasteiger partial charge in [-0.25, -0.2) is 9.37 Å². The highest BCUT2D eigenvalue weighted by Gasteiger charge is 2.16. The van der Waals surface area contributed by atoms with E-state index in [4.69, 9.17) is 0 Å². The van der Waals surface area contributed by atoms with Gasteiger partial charge >= 0.3 is 0 Å². The SMILES string of the molecule is O=C(Nc1nccs1)c1cn[nH]c1-c1ccc(F)cc1. The third kappa shape index (κ3) is 2.43. The van der Waals surface area contributed by atoms with Gasteiger partial charge in [0.25, 0.3) is 5.91 Å². The Labute approximate surface area is 117 Å². The van der Waals surface area contributed by atoms with Crippen molar-refractivity contribution in [1.82, 2.24) is 15.2 Å². The summed E-state index contributed by atoms with van der Waals surface area (Å²) in [5, 5.41) is 11.6. The van der Waals surface area contributed by atoms with Crippen molar-refractivity contribution in [2.24, 2.45) is 0 Å². The molecule has 0 fully saturated rings. The van der Waals surface area contributed by atoms with Crippen LogP contribution in [-0.4, -0.2) is 21.1 Å². The van der Waals surface area contributed by atoms with Crippen LogP contribution in [0.5, 0.6) is 0 Å². The van der Waals surface area contributed by atoms with Crippen LogP contribution < -0.4 is 5.32 Å². The first-order chi connectivity index (χ1) is 9.74. The van der Waals surface area contributed by atoms with Gasteiger partial charge in [-0.3, -0.25) is 15.2 Å². The molecule has 3 aromatic rings. The van der Waals surface area contributed by atoms with Gasteiger partial charge in [0.05, 0.1) is 17.5 Å². The van der Waals surface area contributed by atoms with E-state index in [9.17, 15) is 9.18 Å². The number of anilines is 1. The van der Waals surface area contributed by atoms with E-state index in [-0.39, 0.29) is 11.7 Å². The monoisotopic (exact) mass is 288 g/mol. The third-order valence-electron chi connectivity index (χ3n) is 2.67. The molecule has 0 bridgehead atoms. The van der Waals surface area contributed by atoms with Crippen LogP contribution in [0.4, 0.5) is 9.52 Å². The number of rotatable bonds is 3. The van der Waals surface area contributed by atoms with E-state index in [1.165, 1.54) is 29.7 Å². The van der Waals surface area contributed by atoms with E-state index in [1.54, 1.807) is 23.7 Å². The summed E-state index contributed by atoms with van der Waals surface area (Å²) in [4.78, 5) is 16.1. The molecule has 0 aliphatic rings. The van der Waals surface area contributed by atoms with Crippen molar-refractivity contribution < 1.29 is 9.18 Å². The Hall–Kier alpha value is -2.54. The standard InChI is InChI=1S/C13H9FN4OS/c14-9-3-1-8(2-4-9)11-10(7-16-18-11)12(19)17-13-15-5-6-20-13/h1-7H,(H,16,18)(H,15,17,19). The molecule has 7 heteroatoms. The lowest BCUT2D eigenvalue weighted by Crippen LogP contribution is -2.11. The second kappa shape index (κ2) is 5.22. The summed E-state index contributed by atoms with van der Waals surface area (Å²) in [7, 11) is 0. The Bertz CT molecular complexity index is 721. The van der Waals surface area contributed by atoms with Crippen LogP contribution in [0.25, 0.3) is 11.3 Å². The highest BCUT2D eigenvalue weighted by Crippen LogP contribution is 2.22. The molecule has 100 valence electrons. The minimum Gasteiger partial charge on any atom is -0.298 e. The number of carbonyl (C=O) groups excluding carboxylic acids is 1. The van der Waals surface area contributed by atoms with Gasteiger partial charge in [0.15, 0.2) is 5.13 Å². The minimum absolute atomic E-state index is 0.312. The molecule has 3 rings (SSSR count). The van der Waals surface area contributed by atoms with Gasteiger partial charge in [-0.1, -0.05) is 0 Å². The fourth-order valence-corrected chi connectivity index (χ4v) is 2.27. The number of nitrogens with zero attached hydrogens (tertiary/aromatic N) is 2. The summed E-state index contributed by atoms with van der Waals surface area (Å²) >= 11 is 1.33. The molecule has 0 saturated carbocycles. The first kappa shape index (κ1) is 12.5. The number of aromatic amines is 1. The fourth-order valence-electron chi connectivity index (χ4n) is 1.74. The molecular weight excluding hydrogens is 279 g/mol. The van der Waals surface area contributed by atoms with Crippen molar-refractivity contribution in [2.75, 3.05) is 5.32 Å². The van der Waals surface area contributed by atoms with Crippen LogP contribution in [0, 0.1) is 5.82 Å². The van der Waals surface area contributed by atoms with Gasteiger partial charge in [0.2, 0.25) is 0 Å². The summed E-state index contributed by atoms with van der Waals surface area (Å²) < 4.78 is 12.9. The van der Waals surface area contributed by atoms with Crippen LogP contribution in [0.1, 0.15) is 10.4 Å². The number of aromatic nitrogens is 3. The Kier molecular flexibility index (Phi) is 3.26. The molecule has 0 radical (unpaired) electrons. The van der Waals surface area contributed by atoms with Crippen molar-refractivity contribution in [3.05, 3.63) is 53.4 Å². The zero-order valence-electron chi connectivity index (χ0n) is 10.1. The maximum Gasteiger partial charge on any atom is 0.261 e. The van der Waals surface area contributed by atoms with E-state index in [1.807, 2.05) is 0 Å². The molecule has 5 nitrogen and oxygen atoms in total. The summed E-state index contributed by atoms with van der Waals surface area (Å²) in [5.74, 6) is -0.643. The van der Waals surface area contributed by atoms with Crippen LogP contribution in [-0.2, 0) is 0 Å². The molecule has 0 atom stereocenters. The van der Waals surface area contributed by atoms with Gasteiger partial charge < -0.3 is 0 Å². The quantitative estimate of drug-likeness (QED) is 0.778. The van der Waals surface area contributed by atoms with Crippen molar-refractivity contribution in [3.63, 3.8) is 0 Å². The minimum atomic E-state index is -0.331. The third-order valence-corrected chi connectivity index (χ3v) is 3.36. The maximum atomic E-state index is 12.9.